The highest BCUT2D eigenvalue weighted by Gasteiger charge is 2.09. The molecule has 0 saturated carbocycles. The Morgan fingerprint density at radius 2 is 1.90 bits per heavy atom. The van der Waals surface area contributed by atoms with E-state index in [1.54, 1.807) is 12.1 Å². The number of halogens is 1. The van der Waals surface area contributed by atoms with Crippen LogP contribution in [0.15, 0.2) is 34.3 Å². The third-order valence-corrected chi connectivity index (χ3v) is 3.21. The van der Waals surface area contributed by atoms with Crippen LogP contribution in [0.3, 0.4) is 0 Å². The Bertz CT molecular complexity index is 579. The van der Waals surface area contributed by atoms with Gasteiger partial charge in [-0.3, -0.25) is 5.43 Å². The van der Waals surface area contributed by atoms with Gasteiger partial charge in [-0.05, 0) is 49.9 Å². The maximum atomic E-state index is 5.85. The quantitative estimate of drug-likeness (QED) is 0.648. The van der Waals surface area contributed by atoms with Gasteiger partial charge in [0.05, 0.1) is 6.10 Å². The molecule has 0 amide bonds. The maximum Gasteiger partial charge on any atom is 0.322 e. The first kappa shape index (κ1) is 14.8. The van der Waals surface area contributed by atoms with E-state index in [1.165, 1.54) is 11.8 Å². The van der Waals surface area contributed by atoms with Crippen molar-refractivity contribution in [1.29, 1.82) is 0 Å². The lowest BCUT2D eigenvalue weighted by atomic mass is 10.4. The van der Waals surface area contributed by atoms with Crippen LogP contribution in [0, 0.1) is 0 Å². The van der Waals surface area contributed by atoms with E-state index in [9.17, 15) is 0 Å². The molecule has 6 nitrogen and oxygen atoms in total. The fourth-order valence-electron chi connectivity index (χ4n) is 1.32. The summed E-state index contributed by atoms with van der Waals surface area (Å²) < 4.78 is 5.46. The van der Waals surface area contributed by atoms with E-state index >= 15 is 0 Å². The summed E-state index contributed by atoms with van der Waals surface area (Å²) in [6.45, 7) is 3.79. The molecule has 8 heteroatoms. The number of aromatic nitrogens is 3. The highest BCUT2D eigenvalue weighted by molar-refractivity contribution is 7.99. The Balaban J connectivity index is 2.23. The van der Waals surface area contributed by atoms with E-state index in [0.29, 0.717) is 10.2 Å². The SMILES string of the molecule is CC(C)Oc1nc(NN)nc(Sc2ccc(Cl)cc2)n1. The topological polar surface area (TPSA) is 86.0 Å². The monoisotopic (exact) mass is 311 g/mol. The Kier molecular flexibility index (Phi) is 4.99. The van der Waals surface area contributed by atoms with E-state index in [4.69, 9.17) is 22.2 Å². The van der Waals surface area contributed by atoms with Crippen LogP contribution in [0.25, 0.3) is 0 Å². The van der Waals surface area contributed by atoms with Gasteiger partial charge in [0, 0.05) is 9.92 Å². The van der Waals surface area contributed by atoms with E-state index in [2.05, 4.69) is 20.4 Å². The molecule has 0 bridgehead atoms. The number of anilines is 1. The highest BCUT2D eigenvalue weighted by Crippen LogP contribution is 2.27. The summed E-state index contributed by atoms with van der Waals surface area (Å²) in [5.74, 6) is 5.60. The van der Waals surface area contributed by atoms with Crippen molar-refractivity contribution in [3.63, 3.8) is 0 Å². The smallest absolute Gasteiger partial charge is 0.322 e. The molecule has 1 heterocycles. The van der Waals surface area contributed by atoms with Crippen molar-refractivity contribution in [2.75, 3.05) is 5.43 Å². The highest BCUT2D eigenvalue weighted by atomic mass is 35.5. The van der Waals surface area contributed by atoms with Crippen LogP contribution in [0.1, 0.15) is 13.8 Å². The van der Waals surface area contributed by atoms with E-state index in [1.807, 2.05) is 26.0 Å². The third-order valence-electron chi connectivity index (χ3n) is 2.09. The van der Waals surface area contributed by atoms with Crippen LogP contribution < -0.4 is 16.0 Å². The van der Waals surface area contributed by atoms with Crippen LogP contribution >= 0.6 is 23.4 Å². The average Bonchev–Trinajstić information content (AvgIpc) is 2.40. The number of hydrazine groups is 1. The van der Waals surface area contributed by atoms with Gasteiger partial charge in [0.2, 0.25) is 11.1 Å². The number of rotatable bonds is 5. The minimum Gasteiger partial charge on any atom is -0.461 e. The first-order valence-electron chi connectivity index (χ1n) is 5.89. The molecule has 0 spiro atoms. The largest absolute Gasteiger partial charge is 0.461 e. The fourth-order valence-corrected chi connectivity index (χ4v) is 2.18. The summed E-state index contributed by atoms with van der Waals surface area (Å²) in [5, 5.41) is 1.17. The number of benzene rings is 1. The van der Waals surface area contributed by atoms with Crippen molar-refractivity contribution in [3.8, 4) is 6.01 Å². The van der Waals surface area contributed by atoms with Gasteiger partial charge in [0.25, 0.3) is 0 Å². The van der Waals surface area contributed by atoms with Crippen molar-refractivity contribution < 1.29 is 4.74 Å². The van der Waals surface area contributed by atoms with Crippen molar-refractivity contribution in [3.05, 3.63) is 29.3 Å². The molecule has 2 rings (SSSR count). The molecule has 0 radical (unpaired) electrons. The van der Waals surface area contributed by atoms with Crippen LogP contribution in [0.2, 0.25) is 5.02 Å². The van der Waals surface area contributed by atoms with E-state index in [0.717, 1.165) is 4.90 Å². The van der Waals surface area contributed by atoms with Gasteiger partial charge in [-0.15, -0.1) is 0 Å². The van der Waals surface area contributed by atoms with Crippen LogP contribution in [-0.4, -0.2) is 21.1 Å². The van der Waals surface area contributed by atoms with Gasteiger partial charge in [0.1, 0.15) is 0 Å². The minimum atomic E-state index is -0.0311. The molecule has 0 fully saturated rings. The lowest BCUT2D eigenvalue weighted by molar-refractivity contribution is 0.219. The maximum absolute atomic E-state index is 5.85. The van der Waals surface area contributed by atoms with Crippen LogP contribution in [0.4, 0.5) is 5.95 Å². The number of nitrogens with zero attached hydrogens (tertiary/aromatic N) is 3. The number of nitrogen functional groups attached to an aromatic ring is 1. The Hall–Kier alpha value is -1.57. The summed E-state index contributed by atoms with van der Waals surface area (Å²) in [5.41, 5.74) is 2.40. The van der Waals surface area contributed by atoms with Crippen LogP contribution in [0.5, 0.6) is 6.01 Å². The second-order valence-electron chi connectivity index (χ2n) is 4.09. The standard InChI is InChI=1S/C12H14ClN5OS/c1-7(2)19-11-15-10(18-14)16-12(17-11)20-9-5-3-8(13)4-6-9/h3-7H,14H2,1-2H3,(H,15,16,17,18). The Morgan fingerprint density at radius 1 is 1.20 bits per heavy atom. The van der Waals surface area contributed by atoms with E-state index in [-0.39, 0.29) is 18.1 Å². The molecule has 0 unspecified atom stereocenters. The molecule has 1 aromatic carbocycles. The molecule has 0 aliphatic heterocycles. The molecule has 0 atom stereocenters. The summed E-state index contributed by atoms with van der Waals surface area (Å²) in [6.07, 6.45) is -0.0311. The molecule has 0 aliphatic carbocycles. The molecule has 3 N–H and O–H groups in total. The minimum absolute atomic E-state index is 0.0311. The van der Waals surface area contributed by atoms with Gasteiger partial charge >= 0.3 is 6.01 Å². The van der Waals surface area contributed by atoms with E-state index < -0.39 is 0 Å². The summed E-state index contributed by atoms with van der Waals surface area (Å²) in [4.78, 5) is 13.4. The molecule has 2 aromatic rings. The molecular formula is C12H14ClN5OS. The molecule has 0 aliphatic rings. The van der Waals surface area contributed by atoms with Gasteiger partial charge < -0.3 is 4.74 Å². The molecule has 20 heavy (non-hydrogen) atoms. The normalized spacial score (nSPS) is 10.7. The third kappa shape index (κ3) is 4.22. The number of ether oxygens (including phenoxy) is 1. The summed E-state index contributed by atoms with van der Waals surface area (Å²) in [6, 6.07) is 7.61. The van der Waals surface area contributed by atoms with Gasteiger partial charge in [-0.25, -0.2) is 5.84 Å². The second-order valence-corrected chi connectivity index (χ2v) is 5.57. The molecule has 1 aromatic heterocycles. The number of hydrogen-bond acceptors (Lipinski definition) is 7. The average molecular weight is 312 g/mol. The van der Waals surface area contributed by atoms with Crippen LogP contribution in [-0.2, 0) is 0 Å². The van der Waals surface area contributed by atoms with Crippen molar-refractivity contribution >= 4 is 29.3 Å². The lowest BCUT2D eigenvalue weighted by Crippen LogP contribution is -2.14. The zero-order valence-electron chi connectivity index (χ0n) is 11.0. The predicted octanol–water partition coefficient (Wildman–Crippen LogP) is 2.75. The Morgan fingerprint density at radius 3 is 2.50 bits per heavy atom. The number of nitrogens with two attached hydrogens (primary N) is 1. The van der Waals surface area contributed by atoms with Crippen molar-refractivity contribution in [1.82, 2.24) is 15.0 Å². The first-order valence-corrected chi connectivity index (χ1v) is 7.09. The van der Waals surface area contributed by atoms with Gasteiger partial charge in [0.15, 0.2) is 0 Å². The van der Waals surface area contributed by atoms with Crippen molar-refractivity contribution in [2.45, 2.75) is 30.0 Å². The molecule has 106 valence electrons. The summed E-state index contributed by atoms with van der Waals surface area (Å²) in [7, 11) is 0. The predicted molar refractivity (Wildman–Crippen MR) is 79.0 cm³/mol. The van der Waals surface area contributed by atoms with Gasteiger partial charge in [-0.2, -0.15) is 15.0 Å². The number of nitrogens with one attached hydrogen (secondary N) is 1. The zero-order chi connectivity index (χ0) is 14.5. The Labute approximate surface area is 126 Å². The summed E-state index contributed by atoms with van der Waals surface area (Å²) >= 11 is 7.22. The first-order chi connectivity index (χ1) is 9.56. The second kappa shape index (κ2) is 6.74. The lowest BCUT2D eigenvalue weighted by Gasteiger charge is -2.09. The van der Waals surface area contributed by atoms with Gasteiger partial charge in [-0.1, -0.05) is 11.6 Å². The molecule has 0 saturated heterocycles. The zero-order valence-corrected chi connectivity index (χ0v) is 12.6. The number of hydrogen-bond donors (Lipinski definition) is 2. The van der Waals surface area contributed by atoms with Crippen molar-refractivity contribution in [2.24, 2.45) is 5.84 Å². The molecular weight excluding hydrogens is 298 g/mol. The fraction of sp³-hybridized carbons (Fsp3) is 0.250.